The van der Waals surface area contributed by atoms with Gasteiger partial charge in [0.05, 0.1) is 30.2 Å². The van der Waals surface area contributed by atoms with Gasteiger partial charge in [0.1, 0.15) is 0 Å². The Balaban J connectivity index is 1.91. The highest BCUT2D eigenvalue weighted by atomic mass is 16.2. The number of anilines is 2. The Morgan fingerprint density at radius 2 is 2.00 bits per heavy atom. The zero-order valence-corrected chi connectivity index (χ0v) is 9.84. The molecule has 4 heteroatoms. The Labute approximate surface area is 105 Å². The van der Waals surface area contributed by atoms with E-state index >= 15 is 0 Å². The fraction of sp³-hybridized carbons (Fsp3) is 0.143. The molecule has 2 aromatic rings. The molecule has 1 aliphatic rings. The molecule has 1 aromatic carbocycles. The van der Waals surface area contributed by atoms with Crippen LogP contribution < -0.4 is 10.2 Å². The van der Waals surface area contributed by atoms with Gasteiger partial charge in [0, 0.05) is 6.20 Å². The molecule has 3 rings (SSSR count). The number of nitrogens with zero attached hydrogens (tertiary/aromatic N) is 2. The van der Waals surface area contributed by atoms with Crippen molar-refractivity contribution in [2.24, 2.45) is 0 Å². The summed E-state index contributed by atoms with van der Waals surface area (Å²) >= 11 is 0. The number of benzene rings is 1. The van der Waals surface area contributed by atoms with Gasteiger partial charge in [-0.3, -0.25) is 9.78 Å². The maximum Gasteiger partial charge on any atom is 0.243 e. The standard InChI is InChI=1S/C14H13N3O/c18-14-10-17(9-11-5-3-4-8-15-11)13-7-2-1-6-12(13)16-14/h1-8H,9-10H2,(H,16,18). The number of carbonyl (C=O) groups is 1. The van der Waals surface area contributed by atoms with E-state index < -0.39 is 0 Å². The summed E-state index contributed by atoms with van der Waals surface area (Å²) in [5, 5.41) is 2.87. The van der Waals surface area contributed by atoms with Crippen LogP contribution in [0.4, 0.5) is 11.4 Å². The van der Waals surface area contributed by atoms with Crippen molar-refractivity contribution in [2.75, 3.05) is 16.8 Å². The highest BCUT2D eigenvalue weighted by Crippen LogP contribution is 2.29. The SMILES string of the molecule is O=C1CN(Cc2ccccn2)c2ccccc2N1. The van der Waals surface area contributed by atoms with Gasteiger partial charge in [-0.1, -0.05) is 18.2 Å². The maximum atomic E-state index is 11.7. The number of hydrogen-bond donors (Lipinski definition) is 1. The molecule has 0 saturated carbocycles. The van der Waals surface area contributed by atoms with Gasteiger partial charge in [-0.15, -0.1) is 0 Å². The van der Waals surface area contributed by atoms with E-state index in [1.165, 1.54) is 0 Å². The summed E-state index contributed by atoms with van der Waals surface area (Å²) in [5.41, 5.74) is 2.87. The Bertz CT molecular complexity index is 568. The van der Waals surface area contributed by atoms with Crippen LogP contribution in [0.15, 0.2) is 48.7 Å². The highest BCUT2D eigenvalue weighted by Gasteiger charge is 2.21. The first-order valence-corrected chi connectivity index (χ1v) is 5.87. The minimum atomic E-state index is 0.0182. The Hall–Kier alpha value is -2.36. The number of pyridine rings is 1. The first kappa shape index (κ1) is 10.8. The fourth-order valence-corrected chi connectivity index (χ4v) is 2.13. The molecule has 0 spiro atoms. The summed E-state index contributed by atoms with van der Waals surface area (Å²) in [7, 11) is 0. The highest BCUT2D eigenvalue weighted by molar-refractivity contribution is 6.01. The van der Waals surface area contributed by atoms with Crippen LogP contribution in [0.25, 0.3) is 0 Å². The fourth-order valence-electron chi connectivity index (χ4n) is 2.13. The number of aromatic nitrogens is 1. The van der Waals surface area contributed by atoms with Crippen molar-refractivity contribution in [3.05, 3.63) is 54.4 Å². The van der Waals surface area contributed by atoms with Gasteiger partial charge < -0.3 is 10.2 Å². The number of hydrogen-bond acceptors (Lipinski definition) is 3. The molecule has 0 bridgehead atoms. The summed E-state index contributed by atoms with van der Waals surface area (Å²) in [5.74, 6) is 0.0182. The van der Waals surface area contributed by atoms with Crippen LogP contribution in [-0.4, -0.2) is 17.4 Å². The monoisotopic (exact) mass is 239 g/mol. The molecule has 1 amide bonds. The van der Waals surface area contributed by atoms with Crippen LogP contribution in [0.5, 0.6) is 0 Å². The second kappa shape index (κ2) is 4.49. The molecular formula is C14H13N3O. The summed E-state index contributed by atoms with van der Waals surface area (Å²) in [6, 6.07) is 13.6. The van der Waals surface area contributed by atoms with E-state index in [9.17, 15) is 4.79 Å². The third-order valence-electron chi connectivity index (χ3n) is 2.93. The molecule has 0 unspecified atom stereocenters. The summed E-state index contributed by atoms with van der Waals surface area (Å²) < 4.78 is 0. The first-order chi connectivity index (χ1) is 8.83. The van der Waals surface area contributed by atoms with Crippen molar-refractivity contribution in [3.8, 4) is 0 Å². The van der Waals surface area contributed by atoms with Crippen molar-refractivity contribution in [2.45, 2.75) is 6.54 Å². The molecule has 0 aliphatic carbocycles. The van der Waals surface area contributed by atoms with Gasteiger partial charge >= 0.3 is 0 Å². The van der Waals surface area contributed by atoms with E-state index in [4.69, 9.17) is 0 Å². The van der Waals surface area contributed by atoms with Gasteiger partial charge in [0.15, 0.2) is 0 Å². The van der Waals surface area contributed by atoms with Crippen LogP contribution in [-0.2, 0) is 11.3 Å². The minimum absolute atomic E-state index is 0.0182. The Morgan fingerprint density at radius 1 is 1.17 bits per heavy atom. The predicted molar refractivity (Wildman–Crippen MR) is 70.4 cm³/mol. The van der Waals surface area contributed by atoms with Crippen molar-refractivity contribution < 1.29 is 4.79 Å². The second-order valence-corrected chi connectivity index (χ2v) is 4.24. The van der Waals surface area contributed by atoms with Gasteiger partial charge in [0.2, 0.25) is 5.91 Å². The summed E-state index contributed by atoms with van der Waals surface area (Å²) in [4.78, 5) is 18.0. The molecule has 0 saturated heterocycles. The molecule has 90 valence electrons. The quantitative estimate of drug-likeness (QED) is 0.872. The van der Waals surface area contributed by atoms with Crippen LogP contribution in [0.1, 0.15) is 5.69 Å². The topological polar surface area (TPSA) is 45.2 Å². The van der Waals surface area contributed by atoms with Crippen molar-refractivity contribution in [1.82, 2.24) is 4.98 Å². The maximum absolute atomic E-state index is 11.7. The lowest BCUT2D eigenvalue weighted by Gasteiger charge is -2.30. The van der Waals surface area contributed by atoms with E-state index in [0.717, 1.165) is 17.1 Å². The number of carbonyl (C=O) groups excluding carboxylic acids is 1. The van der Waals surface area contributed by atoms with E-state index in [2.05, 4.69) is 10.3 Å². The third-order valence-corrected chi connectivity index (χ3v) is 2.93. The molecule has 1 N–H and O–H groups in total. The van der Waals surface area contributed by atoms with Gasteiger partial charge in [-0.25, -0.2) is 0 Å². The number of para-hydroxylation sites is 2. The average Bonchev–Trinajstić information content (AvgIpc) is 2.40. The van der Waals surface area contributed by atoms with Crippen LogP contribution in [0.3, 0.4) is 0 Å². The number of rotatable bonds is 2. The van der Waals surface area contributed by atoms with Crippen molar-refractivity contribution in [1.29, 1.82) is 0 Å². The molecule has 1 aliphatic heterocycles. The predicted octanol–water partition coefficient (Wildman–Crippen LogP) is 2.04. The van der Waals surface area contributed by atoms with Crippen molar-refractivity contribution in [3.63, 3.8) is 0 Å². The first-order valence-electron chi connectivity index (χ1n) is 5.87. The molecule has 2 heterocycles. The zero-order valence-electron chi connectivity index (χ0n) is 9.84. The number of fused-ring (bicyclic) bond motifs is 1. The molecule has 0 fully saturated rings. The third kappa shape index (κ3) is 2.05. The van der Waals surface area contributed by atoms with Crippen LogP contribution in [0.2, 0.25) is 0 Å². The minimum Gasteiger partial charge on any atom is -0.355 e. The molecule has 18 heavy (non-hydrogen) atoms. The molecular weight excluding hydrogens is 226 g/mol. The van der Waals surface area contributed by atoms with Gasteiger partial charge in [0.25, 0.3) is 0 Å². The van der Waals surface area contributed by atoms with E-state index in [-0.39, 0.29) is 5.91 Å². The van der Waals surface area contributed by atoms with Gasteiger partial charge in [-0.05, 0) is 24.3 Å². The average molecular weight is 239 g/mol. The lowest BCUT2D eigenvalue weighted by molar-refractivity contribution is -0.115. The molecule has 4 nitrogen and oxygen atoms in total. The van der Waals surface area contributed by atoms with Crippen molar-refractivity contribution >= 4 is 17.3 Å². The Kier molecular flexibility index (Phi) is 2.68. The number of nitrogens with one attached hydrogen (secondary N) is 1. The normalized spacial score (nSPS) is 14.0. The molecule has 0 atom stereocenters. The lowest BCUT2D eigenvalue weighted by Crippen LogP contribution is -2.37. The summed E-state index contributed by atoms with van der Waals surface area (Å²) in [6.45, 7) is 1.01. The van der Waals surface area contributed by atoms with Crippen LogP contribution in [0, 0.1) is 0 Å². The smallest absolute Gasteiger partial charge is 0.243 e. The zero-order chi connectivity index (χ0) is 12.4. The van der Waals surface area contributed by atoms with Crippen LogP contribution >= 0.6 is 0 Å². The van der Waals surface area contributed by atoms with E-state index in [0.29, 0.717) is 13.1 Å². The Morgan fingerprint density at radius 3 is 2.83 bits per heavy atom. The number of amides is 1. The second-order valence-electron chi connectivity index (χ2n) is 4.24. The molecule has 0 radical (unpaired) electrons. The van der Waals surface area contributed by atoms with Gasteiger partial charge in [-0.2, -0.15) is 0 Å². The lowest BCUT2D eigenvalue weighted by atomic mass is 10.2. The largest absolute Gasteiger partial charge is 0.355 e. The van der Waals surface area contributed by atoms with E-state index in [1.807, 2.05) is 47.4 Å². The van der Waals surface area contributed by atoms with E-state index in [1.54, 1.807) is 6.20 Å². The summed E-state index contributed by atoms with van der Waals surface area (Å²) in [6.07, 6.45) is 1.77. The molecule has 1 aromatic heterocycles.